The smallest absolute Gasteiger partial charge is 0.337 e. The fourth-order valence-corrected chi connectivity index (χ4v) is 3.55. The monoisotopic (exact) mass is 372 g/mol. The van der Waals surface area contributed by atoms with Crippen LogP contribution in [-0.4, -0.2) is 31.6 Å². The molecule has 7 nitrogen and oxygen atoms in total. The maximum absolute atomic E-state index is 12.6. The first-order chi connectivity index (χ1) is 12.3. The third kappa shape index (κ3) is 3.45. The molecule has 2 N–H and O–H groups in total. The Balaban J connectivity index is 1.96. The predicted molar refractivity (Wildman–Crippen MR) is 96.7 cm³/mol. The van der Waals surface area contributed by atoms with Crippen LogP contribution >= 0.6 is 0 Å². The van der Waals surface area contributed by atoms with Crippen molar-refractivity contribution in [2.45, 2.75) is 11.8 Å². The molecule has 2 aromatic carbocycles. The number of esters is 1. The van der Waals surface area contributed by atoms with Gasteiger partial charge in [-0.1, -0.05) is 6.07 Å². The van der Waals surface area contributed by atoms with Gasteiger partial charge in [-0.15, -0.1) is 0 Å². The van der Waals surface area contributed by atoms with Crippen molar-refractivity contribution < 1.29 is 23.1 Å². The normalized spacial score (nSPS) is 11.3. The van der Waals surface area contributed by atoms with Crippen LogP contribution in [0.3, 0.4) is 0 Å². The number of pyridine rings is 1. The molecule has 0 atom stereocenters. The number of aromatic nitrogens is 1. The number of nitrogens with one attached hydrogen (secondary N) is 1. The van der Waals surface area contributed by atoms with Gasteiger partial charge in [0.2, 0.25) is 5.88 Å². The van der Waals surface area contributed by atoms with Gasteiger partial charge in [0.15, 0.2) is 0 Å². The molecule has 134 valence electrons. The van der Waals surface area contributed by atoms with E-state index in [9.17, 15) is 18.3 Å². The molecule has 0 aliphatic heterocycles. The van der Waals surface area contributed by atoms with Gasteiger partial charge < -0.3 is 9.84 Å². The molecule has 3 aromatic rings. The summed E-state index contributed by atoms with van der Waals surface area (Å²) in [6.45, 7) is 1.71. The topological polar surface area (TPSA) is 106 Å². The number of anilines is 1. The number of aryl methyl sites for hydroxylation is 1. The summed E-state index contributed by atoms with van der Waals surface area (Å²) in [6, 6.07) is 12.1. The van der Waals surface area contributed by atoms with E-state index in [2.05, 4.69) is 14.4 Å². The Morgan fingerprint density at radius 3 is 2.65 bits per heavy atom. The number of benzene rings is 2. The molecule has 0 aliphatic carbocycles. The van der Waals surface area contributed by atoms with Crippen LogP contribution in [0.2, 0.25) is 0 Å². The van der Waals surface area contributed by atoms with Crippen molar-refractivity contribution in [2.75, 3.05) is 11.8 Å². The summed E-state index contributed by atoms with van der Waals surface area (Å²) in [5.74, 6) is -0.681. The summed E-state index contributed by atoms with van der Waals surface area (Å²) in [4.78, 5) is 15.6. The number of carbonyl (C=O) groups is 1. The van der Waals surface area contributed by atoms with E-state index in [1.54, 1.807) is 31.2 Å². The summed E-state index contributed by atoms with van der Waals surface area (Å²) in [7, 11) is -2.67. The SMILES string of the molecule is COC(=O)c1cccc(S(=O)(=O)Nc2ccc3nc(O)c(C)cc3c2)c1. The van der Waals surface area contributed by atoms with E-state index in [-0.39, 0.29) is 16.3 Å². The Hall–Kier alpha value is -3.13. The lowest BCUT2D eigenvalue weighted by Gasteiger charge is -2.10. The van der Waals surface area contributed by atoms with Gasteiger partial charge in [0.1, 0.15) is 0 Å². The van der Waals surface area contributed by atoms with Gasteiger partial charge in [-0.25, -0.2) is 18.2 Å². The molecule has 0 bridgehead atoms. The van der Waals surface area contributed by atoms with Crippen LogP contribution in [-0.2, 0) is 14.8 Å². The van der Waals surface area contributed by atoms with Gasteiger partial charge in [0.05, 0.1) is 23.1 Å². The van der Waals surface area contributed by atoms with Gasteiger partial charge in [-0.05, 0) is 49.4 Å². The van der Waals surface area contributed by atoms with Gasteiger partial charge >= 0.3 is 5.97 Å². The molecule has 0 saturated carbocycles. The molecule has 0 saturated heterocycles. The summed E-state index contributed by atoms with van der Waals surface area (Å²) < 4.78 is 32.3. The van der Waals surface area contributed by atoms with Crippen LogP contribution < -0.4 is 4.72 Å². The number of hydrogen-bond acceptors (Lipinski definition) is 6. The summed E-state index contributed by atoms with van der Waals surface area (Å²) in [5, 5.41) is 10.3. The number of rotatable bonds is 4. The minimum atomic E-state index is -3.89. The number of methoxy groups -OCH3 is 1. The molecule has 0 aliphatic rings. The van der Waals surface area contributed by atoms with Crippen molar-refractivity contribution in [3.8, 4) is 5.88 Å². The Labute approximate surface area is 150 Å². The van der Waals surface area contributed by atoms with Gasteiger partial charge in [-0.3, -0.25) is 4.72 Å². The minimum absolute atomic E-state index is 0.0551. The number of sulfonamides is 1. The van der Waals surface area contributed by atoms with E-state index in [0.29, 0.717) is 22.2 Å². The molecule has 0 radical (unpaired) electrons. The van der Waals surface area contributed by atoms with E-state index < -0.39 is 16.0 Å². The lowest BCUT2D eigenvalue weighted by Crippen LogP contribution is -2.14. The van der Waals surface area contributed by atoms with Crippen LogP contribution in [0.25, 0.3) is 10.9 Å². The zero-order valence-corrected chi connectivity index (χ0v) is 14.9. The average Bonchev–Trinajstić information content (AvgIpc) is 2.62. The lowest BCUT2D eigenvalue weighted by atomic mass is 10.1. The molecule has 3 rings (SSSR count). The second-order valence-corrected chi connectivity index (χ2v) is 7.34. The number of hydrogen-bond donors (Lipinski definition) is 2. The highest BCUT2D eigenvalue weighted by molar-refractivity contribution is 7.92. The second kappa shape index (κ2) is 6.64. The Morgan fingerprint density at radius 1 is 1.15 bits per heavy atom. The van der Waals surface area contributed by atoms with Crippen molar-refractivity contribution >= 4 is 32.6 Å². The van der Waals surface area contributed by atoms with Crippen LogP contribution in [0, 0.1) is 6.92 Å². The van der Waals surface area contributed by atoms with Gasteiger partial charge in [0, 0.05) is 16.6 Å². The minimum Gasteiger partial charge on any atom is -0.493 e. The van der Waals surface area contributed by atoms with Crippen LogP contribution in [0.5, 0.6) is 5.88 Å². The molecule has 1 aromatic heterocycles. The molecule has 0 amide bonds. The molecule has 0 spiro atoms. The number of fused-ring (bicyclic) bond motifs is 1. The largest absolute Gasteiger partial charge is 0.493 e. The zero-order chi connectivity index (χ0) is 18.9. The zero-order valence-electron chi connectivity index (χ0n) is 14.1. The molecule has 8 heteroatoms. The van der Waals surface area contributed by atoms with Crippen molar-refractivity contribution in [2.24, 2.45) is 0 Å². The summed E-state index contributed by atoms with van der Waals surface area (Å²) >= 11 is 0. The van der Waals surface area contributed by atoms with E-state index in [4.69, 9.17) is 0 Å². The molecular weight excluding hydrogens is 356 g/mol. The van der Waals surface area contributed by atoms with E-state index in [0.717, 1.165) is 0 Å². The Kier molecular flexibility index (Phi) is 4.52. The van der Waals surface area contributed by atoms with Gasteiger partial charge in [-0.2, -0.15) is 0 Å². The van der Waals surface area contributed by atoms with Crippen molar-refractivity contribution in [3.05, 3.63) is 59.7 Å². The third-order valence-electron chi connectivity index (χ3n) is 3.80. The predicted octanol–water partition coefficient (Wildman–Crippen LogP) is 2.84. The first-order valence-electron chi connectivity index (χ1n) is 7.62. The van der Waals surface area contributed by atoms with E-state index in [1.165, 1.54) is 31.4 Å². The van der Waals surface area contributed by atoms with Crippen molar-refractivity contribution in [1.82, 2.24) is 4.98 Å². The molecule has 0 unspecified atom stereocenters. The third-order valence-corrected chi connectivity index (χ3v) is 5.18. The number of nitrogens with zero attached hydrogens (tertiary/aromatic N) is 1. The van der Waals surface area contributed by atoms with E-state index in [1.807, 2.05) is 0 Å². The quantitative estimate of drug-likeness (QED) is 0.682. The highest BCUT2D eigenvalue weighted by Gasteiger charge is 2.17. The summed E-state index contributed by atoms with van der Waals surface area (Å²) in [6.07, 6.45) is 0. The fraction of sp³-hybridized carbons (Fsp3) is 0.111. The average molecular weight is 372 g/mol. The van der Waals surface area contributed by atoms with E-state index >= 15 is 0 Å². The highest BCUT2D eigenvalue weighted by atomic mass is 32.2. The van der Waals surface area contributed by atoms with Crippen molar-refractivity contribution in [1.29, 1.82) is 0 Å². The standard InChI is InChI=1S/C18H16N2O5S/c1-11-8-13-9-14(6-7-16(13)19-17(11)21)20-26(23,24)15-5-3-4-12(10-15)18(22)25-2/h3-10,20H,1-2H3,(H,19,21). The fourth-order valence-electron chi connectivity index (χ4n) is 2.46. The van der Waals surface area contributed by atoms with Crippen molar-refractivity contribution in [3.63, 3.8) is 0 Å². The van der Waals surface area contributed by atoms with Gasteiger partial charge in [0.25, 0.3) is 10.0 Å². The number of aromatic hydroxyl groups is 1. The molecular formula is C18H16N2O5S. The van der Waals surface area contributed by atoms with Crippen LogP contribution in [0.1, 0.15) is 15.9 Å². The molecule has 0 fully saturated rings. The first kappa shape index (κ1) is 17.7. The second-order valence-electron chi connectivity index (χ2n) is 5.66. The number of carbonyl (C=O) groups excluding carboxylic acids is 1. The molecule has 1 heterocycles. The highest BCUT2D eigenvalue weighted by Crippen LogP contribution is 2.25. The van der Waals surface area contributed by atoms with Crippen LogP contribution in [0.4, 0.5) is 5.69 Å². The Bertz CT molecular complexity index is 1110. The van der Waals surface area contributed by atoms with Crippen LogP contribution in [0.15, 0.2) is 53.4 Å². The first-order valence-corrected chi connectivity index (χ1v) is 9.10. The lowest BCUT2D eigenvalue weighted by molar-refractivity contribution is 0.0600. The summed E-state index contributed by atoms with van der Waals surface area (Å²) in [5.41, 5.74) is 1.61. The maximum Gasteiger partial charge on any atom is 0.337 e. The maximum atomic E-state index is 12.6. The Morgan fingerprint density at radius 2 is 1.92 bits per heavy atom. The number of ether oxygens (including phenoxy) is 1. The molecule has 26 heavy (non-hydrogen) atoms.